The summed E-state index contributed by atoms with van der Waals surface area (Å²) in [6, 6.07) is 4.80. The number of nitrogens with one attached hydrogen (secondary N) is 1. The van der Waals surface area contributed by atoms with Crippen LogP contribution in [0.5, 0.6) is 0 Å². The Kier molecular flexibility index (Phi) is 6.14. The van der Waals surface area contributed by atoms with E-state index in [1.807, 2.05) is 13.8 Å². The number of amides is 1. The SMILES string of the molecule is CCC(CC)(CCO)CNC(=O)c1cccc(C)c1F. The zero-order valence-corrected chi connectivity index (χ0v) is 12.5. The van der Waals surface area contributed by atoms with Crippen LogP contribution >= 0.6 is 0 Å². The molecule has 112 valence electrons. The number of hydrogen-bond donors (Lipinski definition) is 2. The predicted molar refractivity (Wildman–Crippen MR) is 78.2 cm³/mol. The zero-order chi connectivity index (χ0) is 15.2. The van der Waals surface area contributed by atoms with Gasteiger partial charge in [-0.05, 0) is 43.2 Å². The standard InChI is InChI=1S/C16H24FNO2/c1-4-16(5-2,9-10-19)11-18-15(20)13-8-6-7-12(3)14(13)17/h6-8,19H,4-5,9-11H2,1-3H3,(H,18,20). The number of carbonyl (C=O) groups excluding carboxylic acids is 1. The van der Waals surface area contributed by atoms with E-state index in [0.29, 0.717) is 18.5 Å². The van der Waals surface area contributed by atoms with Crippen molar-refractivity contribution in [2.75, 3.05) is 13.2 Å². The van der Waals surface area contributed by atoms with Crippen molar-refractivity contribution in [2.24, 2.45) is 5.41 Å². The summed E-state index contributed by atoms with van der Waals surface area (Å²) in [5.41, 5.74) is 0.422. The lowest BCUT2D eigenvalue weighted by molar-refractivity contribution is 0.0903. The number of aliphatic hydroxyl groups is 1. The highest BCUT2D eigenvalue weighted by molar-refractivity contribution is 5.94. The van der Waals surface area contributed by atoms with E-state index in [0.717, 1.165) is 12.8 Å². The normalized spacial score (nSPS) is 11.4. The monoisotopic (exact) mass is 281 g/mol. The molecule has 1 amide bonds. The summed E-state index contributed by atoms with van der Waals surface area (Å²) in [7, 11) is 0. The van der Waals surface area contributed by atoms with Gasteiger partial charge in [0.1, 0.15) is 5.82 Å². The molecule has 0 saturated heterocycles. The van der Waals surface area contributed by atoms with Crippen molar-refractivity contribution < 1.29 is 14.3 Å². The summed E-state index contributed by atoms with van der Waals surface area (Å²) in [5.74, 6) is -0.860. The van der Waals surface area contributed by atoms with Crippen LogP contribution in [0.15, 0.2) is 18.2 Å². The van der Waals surface area contributed by atoms with Gasteiger partial charge in [-0.25, -0.2) is 4.39 Å². The quantitative estimate of drug-likeness (QED) is 0.807. The van der Waals surface area contributed by atoms with E-state index >= 15 is 0 Å². The van der Waals surface area contributed by atoms with Gasteiger partial charge in [-0.1, -0.05) is 26.0 Å². The molecular formula is C16H24FNO2. The van der Waals surface area contributed by atoms with E-state index in [9.17, 15) is 9.18 Å². The van der Waals surface area contributed by atoms with Gasteiger partial charge in [0, 0.05) is 13.2 Å². The number of aliphatic hydroxyl groups excluding tert-OH is 1. The zero-order valence-electron chi connectivity index (χ0n) is 12.5. The lowest BCUT2D eigenvalue weighted by Gasteiger charge is -2.31. The summed E-state index contributed by atoms with van der Waals surface area (Å²) in [4.78, 5) is 12.1. The Balaban J connectivity index is 2.78. The molecule has 0 unspecified atom stereocenters. The van der Waals surface area contributed by atoms with Crippen molar-refractivity contribution in [2.45, 2.75) is 40.0 Å². The predicted octanol–water partition coefficient (Wildman–Crippen LogP) is 3.05. The second-order valence-corrected chi connectivity index (χ2v) is 5.30. The van der Waals surface area contributed by atoms with Gasteiger partial charge in [-0.15, -0.1) is 0 Å². The van der Waals surface area contributed by atoms with Crippen molar-refractivity contribution in [3.63, 3.8) is 0 Å². The van der Waals surface area contributed by atoms with E-state index < -0.39 is 11.7 Å². The lowest BCUT2D eigenvalue weighted by atomic mass is 9.79. The Labute approximate surface area is 120 Å². The Bertz CT molecular complexity index is 456. The highest BCUT2D eigenvalue weighted by atomic mass is 19.1. The lowest BCUT2D eigenvalue weighted by Crippen LogP contribution is -2.38. The van der Waals surface area contributed by atoms with E-state index in [4.69, 9.17) is 5.11 Å². The molecule has 0 spiro atoms. The molecular weight excluding hydrogens is 257 g/mol. The fourth-order valence-electron chi connectivity index (χ4n) is 2.36. The van der Waals surface area contributed by atoms with Gasteiger partial charge in [0.2, 0.25) is 0 Å². The fourth-order valence-corrected chi connectivity index (χ4v) is 2.36. The van der Waals surface area contributed by atoms with Crippen LogP contribution < -0.4 is 5.32 Å². The Morgan fingerprint density at radius 1 is 1.35 bits per heavy atom. The van der Waals surface area contributed by atoms with Crippen LogP contribution in [0.4, 0.5) is 4.39 Å². The maximum absolute atomic E-state index is 13.9. The van der Waals surface area contributed by atoms with E-state index in [2.05, 4.69) is 5.32 Å². The highest BCUT2D eigenvalue weighted by Gasteiger charge is 2.26. The van der Waals surface area contributed by atoms with Crippen molar-refractivity contribution in [1.82, 2.24) is 5.32 Å². The third-order valence-corrected chi connectivity index (χ3v) is 4.20. The molecule has 1 rings (SSSR count). The molecule has 0 aliphatic carbocycles. The number of carbonyl (C=O) groups is 1. The first-order valence-corrected chi connectivity index (χ1v) is 7.14. The van der Waals surface area contributed by atoms with Crippen LogP contribution in [-0.2, 0) is 0 Å². The van der Waals surface area contributed by atoms with Crippen molar-refractivity contribution in [3.8, 4) is 0 Å². The maximum Gasteiger partial charge on any atom is 0.254 e. The van der Waals surface area contributed by atoms with Gasteiger partial charge >= 0.3 is 0 Å². The first kappa shape index (κ1) is 16.6. The average molecular weight is 281 g/mol. The number of halogens is 1. The summed E-state index contributed by atoms with van der Waals surface area (Å²) < 4.78 is 13.9. The summed E-state index contributed by atoms with van der Waals surface area (Å²) in [6.45, 7) is 6.26. The molecule has 0 fully saturated rings. The summed E-state index contributed by atoms with van der Waals surface area (Å²) >= 11 is 0. The van der Waals surface area contributed by atoms with E-state index in [1.54, 1.807) is 19.1 Å². The molecule has 0 heterocycles. The third-order valence-electron chi connectivity index (χ3n) is 4.20. The minimum atomic E-state index is -0.467. The van der Waals surface area contributed by atoms with Crippen molar-refractivity contribution in [1.29, 1.82) is 0 Å². The molecule has 0 aromatic heterocycles. The topological polar surface area (TPSA) is 49.3 Å². The van der Waals surface area contributed by atoms with Gasteiger partial charge in [-0.2, -0.15) is 0 Å². The molecule has 2 N–H and O–H groups in total. The highest BCUT2D eigenvalue weighted by Crippen LogP contribution is 2.29. The summed E-state index contributed by atoms with van der Waals surface area (Å²) in [6.07, 6.45) is 2.36. The molecule has 4 heteroatoms. The second-order valence-electron chi connectivity index (χ2n) is 5.30. The van der Waals surface area contributed by atoms with E-state index in [1.165, 1.54) is 6.07 Å². The Morgan fingerprint density at radius 2 is 2.00 bits per heavy atom. The third kappa shape index (κ3) is 3.79. The summed E-state index contributed by atoms with van der Waals surface area (Å²) in [5, 5.41) is 12.0. The molecule has 20 heavy (non-hydrogen) atoms. The fraction of sp³-hybridized carbons (Fsp3) is 0.562. The molecule has 0 aliphatic rings. The van der Waals surface area contributed by atoms with Gasteiger partial charge < -0.3 is 10.4 Å². The first-order valence-electron chi connectivity index (χ1n) is 7.14. The van der Waals surface area contributed by atoms with E-state index in [-0.39, 0.29) is 17.6 Å². The van der Waals surface area contributed by atoms with Crippen LogP contribution in [-0.4, -0.2) is 24.2 Å². The van der Waals surface area contributed by atoms with Crippen LogP contribution in [0.3, 0.4) is 0 Å². The van der Waals surface area contributed by atoms with Gasteiger partial charge in [0.25, 0.3) is 5.91 Å². The molecule has 0 atom stereocenters. The largest absolute Gasteiger partial charge is 0.396 e. The smallest absolute Gasteiger partial charge is 0.254 e. The molecule has 0 aliphatic heterocycles. The van der Waals surface area contributed by atoms with Crippen LogP contribution in [0.2, 0.25) is 0 Å². The van der Waals surface area contributed by atoms with Gasteiger partial charge in [0.15, 0.2) is 0 Å². The molecule has 0 saturated carbocycles. The van der Waals surface area contributed by atoms with Crippen LogP contribution in [0, 0.1) is 18.2 Å². The number of hydrogen-bond acceptors (Lipinski definition) is 2. The van der Waals surface area contributed by atoms with Gasteiger partial charge in [0.05, 0.1) is 5.56 Å². The average Bonchev–Trinajstić information content (AvgIpc) is 2.46. The number of rotatable bonds is 7. The number of aryl methyl sites for hydroxylation is 1. The van der Waals surface area contributed by atoms with Crippen LogP contribution in [0.25, 0.3) is 0 Å². The molecule has 0 radical (unpaired) electrons. The van der Waals surface area contributed by atoms with Crippen molar-refractivity contribution >= 4 is 5.91 Å². The Morgan fingerprint density at radius 3 is 2.55 bits per heavy atom. The maximum atomic E-state index is 13.9. The molecule has 0 bridgehead atoms. The molecule has 1 aromatic rings. The minimum absolute atomic E-state index is 0.0788. The van der Waals surface area contributed by atoms with Crippen molar-refractivity contribution in [3.05, 3.63) is 35.1 Å². The van der Waals surface area contributed by atoms with Gasteiger partial charge in [-0.3, -0.25) is 4.79 Å². The van der Waals surface area contributed by atoms with Crippen LogP contribution in [0.1, 0.15) is 49.0 Å². The second kappa shape index (κ2) is 7.39. The number of benzene rings is 1. The minimum Gasteiger partial charge on any atom is -0.396 e. The molecule has 3 nitrogen and oxygen atoms in total. The first-order chi connectivity index (χ1) is 9.49. The molecule has 1 aromatic carbocycles. The Hall–Kier alpha value is -1.42.